The Hall–Kier alpha value is -1.36. The normalized spacial score (nSPS) is 18.2. The van der Waals surface area contributed by atoms with E-state index in [0.717, 1.165) is 56.4 Å². The first kappa shape index (κ1) is 15.0. The van der Waals surface area contributed by atoms with Gasteiger partial charge in [-0.05, 0) is 25.7 Å². The van der Waals surface area contributed by atoms with Gasteiger partial charge in [-0.1, -0.05) is 13.8 Å². The number of nitrogens with one attached hydrogen (secondary N) is 2. The van der Waals surface area contributed by atoms with Crippen LogP contribution >= 0.6 is 0 Å². The van der Waals surface area contributed by atoms with Gasteiger partial charge in [-0.15, -0.1) is 0 Å². The Kier molecular flexibility index (Phi) is 6.05. The second kappa shape index (κ2) is 8.04. The third-order valence-corrected chi connectivity index (χ3v) is 3.44. The Balaban J connectivity index is 1.87. The fourth-order valence-electron chi connectivity index (χ4n) is 2.32. The van der Waals surface area contributed by atoms with Crippen LogP contribution in [0.2, 0.25) is 0 Å². The minimum atomic E-state index is 0.424. The van der Waals surface area contributed by atoms with Gasteiger partial charge in [-0.25, -0.2) is 9.97 Å². The quantitative estimate of drug-likeness (QED) is 0.765. The Labute approximate surface area is 121 Å². The largest absolute Gasteiger partial charge is 0.378 e. The van der Waals surface area contributed by atoms with Crippen LogP contribution in [0, 0.1) is 0 Å². The van der Waals surface area contributed by atoms with Gasteiger partial charge < -0.3 is 15.4 Å². The van der Waals surface area contributed by atoms with Crippen molar-refractivity contribution < 1.29 is 4.74 Å². The topological polar surface area (TPSA) is 59.1 Å². The Morgan fingerprint density at radius 2 is 1.95 bits per heavy atom. The van der Waals surface area contributed by atoms with Gasteiger partial charge in [0.1, 0.15) is 17.5 Å². The summed E-state index contributed by atoms with van der Waals surface area (Å²) in [4.78, 5) is 9.01. The number of rotatable bonds is 8. The molecule has 2 heterocycles. The molecule has 1 unspecified atom stereocenters. The summed E-state index contributed by atoms with van der Waals surface area (Å²) < 4.78 is 5.63. The highest BCUT2D eigenvalue weighted by atomic mass is 16.5. The zero-order valence-corrected chi connectivity index (χ0v) is 12.6. The van der Waals surface area contributed by atoms with E-state index in [4.69, 9.17) is 4.74 Å². The lowest BCUT2D eigenvalue weighted by molar-refractivity contribution is 0.107. The summed E-state index contributed by atoms with van der Waals surface area (Å²) in [5.41, 5.74) is 0. The smallest absolute Gasteiger partial charge is 0.132 e. The highest BCUT2D eigenvalue weighted by molar-refractivity contribution is 5.47. The lowest BCUT2D eigenvalue weighted by atomic mass is 10.2. The third kappa shape index (κ3) is 4.63. The number of anilines is 2. The standard InChI is InChI=1S/C15H26N4O/c1-3-8-16-14-11-15(19-13(4-2)18-14)17-9-7-12-6-5-10-20-12/h11-12H,3-10H2,1-2H3,(H2,16,17,18,19). The predicted octanol–water partition coefficient (Wildman–Crippen LogP) is 2.84. The van der Waals surface area contributed by atoms with Crippen molar-refractivity contribution in [3.05, 3.63) is 11.9 Å². The van der Waals surface area contributed by atoms with E-state index in [2.05, 4.69) is 34.4 Å². The molecule has 0 aromatic carbocycles. The molecule has 0 spiro atoms. The first-order chi connectivity index (χ1) is 9.81. The summed E-state index contributed by atoms with van der Waals surface area (Å²) in [6.45, 7) is 6.99. The monoisotopic (exact) mass is 278 g/mol. The molecule has 0 saturated carbocycles. The van der Waals surface area contributed by atoms with Crippen molar-refractivity contribution in [3.8, 4) is 0 Å². The van der Waals surface area contributed by atoms with E-state index < -0.39 is 0 Å². The van der Waals surface area contributed by atoms with Gasteiger partial charge >= 0.3 is 0 Å². The zero-order chi connectivity index (χ0) is 14.2. The lowest BCUT2D eigenvalue weighted by Crippen LogP contribution is -2.14. The second-order valence-electron chi connectivity index (χ2n) is 5.19. The molecule has 1 aromatic heterocycles. The molecule has 1 saturated heterocycles. The lowest BCUT2D eigenvalue weighted by Gasteiger charge is -2.12. The highest BCUT2D eigenvalue weighted by Crippen LogP contribution is 2.16. The van der Waals surface area contributed by atoms with Crippen molar-refractivity contribution in [2.75, 3.05) is 30.3 Å². The van der Waals surface area contributed by atoms with E-state index in [9.17, 15) is 0 Å². The molecule has 1 atom stereocenters. The number of hydrogen-bond acceptors (Lipinski definition) is 5. The van der Waals surface area contributed by atoms with Crippen LogP contribution < -0.4 is 10.6 Å². The molecule has 1 aromatic rings. The van der Waals surface area contributed by atoms with E-state index in [-0.39, 0.29) is 0 Å². The molecule has 1 fully saturated rings. The summed E-state index contributed by atoms with van der Waals surface area (Å²) in [5.74, 6) is 2.71. The van der Waals surface area contributed by atoms with Crippen LogP contribution in [0.1, 0.15) is 45.4 Å². The van der Waals surface area contributed by atoms with Crippen molar-refractivity contribution >= 4 is 11.6 Å². The molecular weight excluding hydrogens is 252 g/mol. The Morgan fingerprint density at radius 1 is 1.20 bits per heavy atom. The molecule has 2 N–H and O–H groups in total. The van der Waals surface area contributed by atoms with Gasteiger partial charge in [0.15, 0.2) is 0 Å². The van der Waals surface area contributed by atoms with Crippen LogP contribution in [0.4, 0.5) is 11.6 Å². The second-order valence-corrected chi connectivity index (χ2v) is 5.19. The molecule has 1 aliphatic heterocycles. The van der Waals surface area contributed by atoms with E-state index in [1.54, 1.807) is 0 Å². The van der Waals surface area contributed by atoms with E-state index >= 15 is 0 Å². The fraction of sp³-hybridized carbons (Fsp3) is 0.733. The van der Waals surface area contributed by atoms with Gasteiger partial charge in [-0.2, -0.15) is 0 Å². The first-order valence-corrected chi connectivity index (χ1v) is 7.79. The molecule has 0 amide bonds. The van der Waals surface area contributed by atoms with Crippen LogP contribution in [0.5, 0.6) is 0 Å². The predicted molar refractivity (Wildman–Crippen MR) is 82.3 cm³/mol. The van der Waals surface area contributed by atoms with Crippen LogP contribution in [0.15, 0.2) is 6.07 Å². The van der Waals surface area contributed by atoms with Gasteiger partial charge in [0, 0.05) is 32.2 Å². The van der Waals surface area contributed by atoms with Gasteiger partial charge in [0.2, 0.25) is 0 Å². The Bertz CT molecular complexity index is 405. The molecule has 5 heteroatoms. The number of aromatic nitrogens is 2. The number of aryl methyl sites for hydroxylation is 1. The fourth-order valence-corrected chi connectivity index (χ4v) is 2.32. The first-order valence-electron chi connectivity index (χ1n) is 7.79. The van der Waals surface area contributed by atoms with Crippen molar-refractivity contribution in [1.82, 2.24) is 9.97 Å². The van der Waals surface area contributed by atoms with Gasteiger partial charge in [0.05, 0.1) is 6.10 Å². The average molecular weight is 278 g/mol. The van der Waals surface area contributed by atoms with Crippen molar-refractivity contribution in [3.63, 3.8) is 0 Å². The highest BCUT2D eigenvalue weighted by Gasteiger charge is 2.14. The van der Waals surface area contributed by atoms with Crippen LogP contribution in [0.3, 0.4) is 0 Å². The average Bonchev–Trinajstić information content (AvgIpc) is 2.98. The van der Waals surface area contributed by atoms with E-state index in [0.29, 0.717) is 6.10 Å². The maximum atomic E-state index is 5.63. The summed E-state index contributed by atoms with van der Waals surface area (Å²) in [6, 6.07) is 1.99. The summed E-state index contributed by atoms with van der Waals surface area (Å²) in [6.07, 6.45) is 5.80. The molecule has 112 valence electrons. The van der Waals surface area contributed by atoms with Crippen LogP contribution in [-0.2, 0) is 11.2 Å². The van der Waals surface area contributed by atoms with Crippen molar-refractivity contribution in [2.24, 2.45) is 0 Å². The van der Waals surface area contributed by atoms with Gasteiger partial charge in [0.25, 0.3) is 0 Å². The molecule has 2 rings (SSSR count). The molecule has 20 heavy (non-hydrogen) atoms. The minimum absolute atomic E-state index is 0.424. The number of ether oxygens (including phenoxy) is 1. The maximum absolute atomic E-state index is 5.63. The molecule has 0 aliphatic carbocycles. The van der Waals surface area contributed by atoms with Crippen molar-refractivity contribution in [1.29, 1.82) is 0 Å². The minimum Gasteiger partial charge on any atom is -0.378 e. The van der Waals surface area contributed by atoms with Crippen molar-refractivity contribution in [2.45, 2.75) is 52.1 Å². The maximum Gasteiger partial charge on any atom is 0.132 e. The molecule has 0 bridgehead atoms. The molecule has 0 radical (unpaired) electrons. The molecular formula is C15H26N4O. The SMILES string of the molecule is CCCNc1cc(NCCC2CCCO2)nc(CC)n1. The van der Waals surface area contributed by atoms with Gasteiger partial charge in [-0.3, -0.25) is 0 Å². The summed E-state index contributed by atoms with van der Waals surface area (Å²) in [5, 5.41) is 6.72. The number of nitrogens with zero attached hydrogens (tertiary/aromatic N) is 2. The van der Waals surface area contributed by atoms with E-state index in [1.165, 1.54) is 12.8 Å². The summed E-state index contributed by atoms with van der Waals surface area (Å²) >= 11 is 0. The van der Waals surface area contributed by atoms with E-state index in [1.807, 2.05) is 6.07 Å². The third-order valence-electron chi connectivity index (χ3n) is 3.44. The zero-order valence-electron chi connectivity index (χ0n) is 12.6. The van der Waals surface area contributed by atoms with Crippen LogP contribution in [0.25, 0.3) is 0 Å². The number of hydrogen-bond donors (Lipinski definition) is 2. The van der Waals surface area contributed by atoms with Crippen LogP contribution in [-0.4, -0.2) is 35.8 Å². The summed E-state index contributed by atoms with van der Waals surface area (Å²) in [7, 11) is 0. The molecule has 1 aliphatic rings. The molecule has 5 nitrogen and oxygen atoms in total. The Morgan fingerprint density at radius 3 is 2.55 bits per heavy atom.